The molecule has 0 aliphatic carbocycles. The van der Waals surface area contributed by atoms with Crippen molar-refractivity contribution in [1.29, 1.82) is 0 Å². The normalized spacial score (nSPS) is 15.8. The van der Waals surface area contributed by atoms with Crippen LogP contribution < -0.4 is 0 Å². The summed E-state index contributed by atoms with van der Waals surface area (Å²) in [5.41, 5.74) is 0. The van der Waals surface area contributed by atoms with Crippen molar-refractivity contribution < 1.29 is 19.6 Å². The first-order valence-electron chi connectivity index (χ1n) is 6.06. The van der Waals surface area contributed by atoms with Gasteiger partial charge in [0, 0.05) is 17.8 Å². The van der Waals surface area contributed by atoms with Crippen molar-refractivity contribution in [3.05, 3.63) is 10.1 Å². The number of alkyl halides is 1. The maximum absolute atomic E-state index is 11.3. The number of carbonyl (C=O) groups is 1. The molecule has 0 fully saturated rings. The first-order valence-corrected chi connectivity index (χ1v) is 6.97. The molecular weight excluding hydrogens is 306 g/mol. The molecule has 0 saturated carbocycles. The Morgan fingerprint density at radius 1 is 1.50 bits per heavy atom. The molecule has 18 heavy (non-hydrogen) atoms. The van der Waals surface area contributed by atoms with Crippen LogP contribution in [0.25, 0.3) is 0 Å². The molecule has 0 aromatic carbocycles. The number of halogens is 1. The second-order valence-electron chi connectivity index (χ2n) is 4.03. The molecule has 0 aliphatic heterocycles. The smallest absolute Gasteiger partial charge is 0.336 e. The molecular formula is C11H20BrNO5. The third-order valence-electron chi connectivity index (χ3n) is 2.56. The minimum Gasteiger partial charge on any atom is -0.464 e. The van der Waals surface area contributed by atoms with Crippen molar-refractivity contribution in [2.45, 2.75) is 56.5 Å². The Morgan fingerprint density at radius 2 is 2.11 bits per heavy atom. The minimum atomic E-state index is -1.37. The first-order chi connectivity index (χ1) is 8.43. The predicted molar refractivity (Wildman–Crippen MR) is 70.3 cm³/mol. The van der Waals surface area contributed by atoms with E-state index in [1.807, 2.05) is 6.92 Å². The quantitative estimate of drug-likeness (QED) is 0.302. The number of ether oxygens (including phenoxy) is 1. The Morgan fingerprint density at radius 3 is 2.56 bits per heavy atom. The van der Waals surface area contributed by atoms with E-state index in [9.17, 15) is 20.0 Å². The molecule has 3 atom stereocenters. The lowest BCUT2D eigenvalue weighted by Gasteiger charge is -2.17. The van der Waals surface area contributed by atoms with Gasteiger partial charge in [0.05, 0.1) is 11.4 Å². The Labute approximate surface area is 115 Å². The topological polar surface area (TPSA) is 89.7 Å². The highest BCUT2D eigenvalue weighted by atomic mass is 79.9. The summed E-state index contributed by atoms with van der Waals surface area (Å²) in [6.45, 7) is 3.76. The fraction of sp³-hybridized carbons (Fsp3) is 0.909. The van der Waals surface area contributed by atoms with E-state index in [-0.39, 0.29) is 18.0 Å². The molecule has 0 aromatic rings. The molecule has 0 radical (unpaired) electrons. The third-order valence-corrected chi connectivity index (χ3v) is 3.43. The first kappa shape index (κ1) is 17.3. The summed E-state index contributed by atoms with van der Waals surface area (Å²) in [7, 11) is 0. The van der Waals surface area contributed by atoms with E-state index in [1.54, 1.807) is 6.92 Å². The van der Waals surface area contributed by atoms with Crippen LogP contribution in [-0.2, 0) is 9.53 Å². The number of aliphatic hydroxyl groups is 1. The highest BCUT2D eigenvalue weighted by molar-refractivity contribution is 9.09. The second-order valence-corrected chi connectivity index (χ2v) is 5.21. The zero-order valence-corrected chi connectivity index (χ0v) is 12.3. The lowest BCUT2D eigenvalue weighted by Crippen LogP contribution is -2.35. The number of carbonyl (C=O) groups excluding carboxylic acids is 1. The molecule has 0 heterocycles. The molecule has 3 unspecified atom stereocenters. The summed E-state index contributed by atoms with van der Waals surface area (Å²) in [5, 5.41) is 20.5. The summed E-state index contributed by atoms with van der Waals surface area (Å²) >= 11 is 3.12. The number of nitrogens with zero attached hydrogens (tertiary/aromatic N) is 1. The summed E-state index contributed by atoms with van der Waals surface area (Å²) in [4.78, 5) is 21.1. The maximum Gasteiger partial charge on any atom is 0.336 e. The van der Waals surface area contributed by atoms with Crippen LogP contribution in [-0.4, -0.2) is 39.6 Å². The molecule has 0 bridgehead atoms. The van der Waals surface area contributed by atoms with Crippen LogP contribution in [0.2, 0.25) is 0 Å². The lowest BCUT2D eigenvalue weighted by atomic mass is 10.0. The van der Waals surface area contributed by atoms with Gasteiger partial charge in [0.2, 0.25) is 6.04 Å². The van der Waals surface area contributed by atoms with Gasteiger partial charge in [0.15, 0.2) is 6.10 Å². The number of aliphatic hydroxyl groups excluding tert-OH is 1. The van der Waals surface area contributed by atoms with Gasteiger partial charge < -0.3 is 9.84 Å². The van der Waals surface area contributed by atoms with Crippen LogP contribution in [0.1, 0.15) is 39.5 Å². The third kappa shape index (κ3) is 6.30. The van der Waals surface area contributed by atoms with Crippen LogP contribution in [0.4, 0.5) is 0 Å². The van der Waals surface area contributed by atoms with Gasteiger partial charge >= 0.3 is 5.97 Å². The van der Waals surface area contributed by atoms with Crippen molar-refractivity contribution in [2.24, 2.45) is 0 Å². The molecule has 106 valence electrons. The van der Waals surface area contributed by atoms with Crippen LogP contribution >= 0.6 is 15.9 Å². The van der Waals surface area contributed by atoms with E-state index < -0.39 is 22.9 Å². The van der Waals surface area contributed by atoms with Crippen molar-refractivity contribution in [2.75, 3.05) is 6.61 Å². The van der Waals surface area contributed by atoms with Gasteiger partial charge in [-0.05, 0) is 13.3 Å². The van der Waals surface area contributed by atoms with E-state index in [4.69, 9.17) is 0 Å². The molecule has 0 saturated heterocycles. The molecule has 0 amide bonds. The molecule has 0 aromatic heterocycles. The van der Waals surface area contributed by atoms with Gasteiger partial charge in [-0.1, -0.05) is 29.3 Å². The van der Waals surface area contributed by atoms with Gasteiger partial charge in [0.25, 0.3) is 0 Å². The van der Waals surface area contributed by atoms with Crippen molar-refractivity contribution >= 4 is 21.9 Å². The van der Waals surface area contributed by atoms with Gasteiger partial charge in [-0.25, -0.2) is 4.79 Å². The Hall–Kier alpha value is -0.690. The summed E-state index contributed by atoms with van der Waals surface area (Å²) in [6, 6.07) is -0.751. The molecule has 0 spiro atoms. The van der Waals surface area contributed by atoms with E-state index in [0.29, 0.717) is 6.42 Å². The molecule has 7 heteroatoms. The van der Waals surface area contributed by atoms with Crippen molar-refractivity contribution in [3.63, 3.8) is 0 Å². The number of unbranched alkanes of at least 4 members (excludes halogenated alkanes) is 1. The monoisotopic (exact) mass is 325 g/mol. The summed E-state index contributed by atoms with van der Waals surface area (Å²) in [6.07, 6.45) is 0.807. The number of hydrogen-bond acceptors (Lipinski definition) is 5. The maximum atomic E-state index is 11.3. The van der Waals surface area contributed by atoms with Crippen LogP contribution in [0.15, 0.2) is 0 Å². The lowest BCUT2D eigenvalue weighted by molar-refractivity contribution is -0.524. The SMILES string of the molecule is CCCCC(CC(Br)C(O)C(=O)OCC)[N+](=O)[O-]. The Bertz CT molecular complexity index is 274. The zero-order chi connectivity index (χ0) is 14.1. The number of esters is 1. The van der Waals surface area contributed by atoms with Crippen molar-refractivity contribution in [3.8, 4) is 0 Å². The summed E-state index contributed by atoms with van der Waals surface area (Å²) < 4.78 is 4.66. The molecule has 0 aliphatic rings. The largest absolute Gasteiger partial charge is 0.464 e. The number of rotatable bonds is 9. The van der Waals surface area contributed by atoms with Gasteiger partial charge in [-0.15, -0.1) is 0 Å². The van der Waals surface area contributed by atoms with Crippen LogP contribution in [0.3, 0.4) is 0 Å². The van der Waals surface area contributed by atoms with E-state index in [2.05, 4.69) is 20.7 Å². The number of nitro groups is 1. The zero-order valence-electron chi connectivity index (χ0n) is 10.7. The van der Waals surface area contributed by atoms with Gasteiger partial charge in [0.1, 0.15) is 0 Å². The fourth-order valence-corrected chi connectivity index (χ4v) is 2.16. The van der Waals surface area contributed by atoms with Crippen LogP contribution in [0.5, 0.6) is 0 Å². The van der Waals surface area contributed by atoms with Gasteiger partial charge in [-0.2, -0.15) is 0 Å². The summed E-state index contributed by atoms with van der Waals surface area (Å²) in [5.74, 6) is -0.753. The van der Waals surface area contributed by atoms with E-state index in [1.165, 1.54) is 0 Å². The highest BCUT2D eigenvalue weighted by Crippen LogP contribution is 2.19. The Balaban J connectivity index is 4.35. The highest BCUT2D eigenvalue weighted by Gasteiger charge is 2.31. The minimum absolute atomic E-state index is 0.104. The second kappa shape index (κ2) is 9.27. The Kier molecular flexibility index (Phi) is 8.91. The van der Waals surface area contributed by atoms with Gasteiger partial charge in [-0.3, -0.25) is 10.1 Å². The predicted octanol–water partition coefficient (Wildman–Crippen LogP) is 1.90. The molecule has 0 rings (SSSR count). The fourth-order valence-electron chi connectivity index (χ4n) is 1.51. The van der Waals surface area contributed by atoms with Crippen molar-refractivity contribution in [1.82, 2.24) is 0 Å². The number of hydrogen-bond donors (Lipinski definition) is 1. The molecule has 6 nitrogen and oxygen atoms in total. The van der Waals surface area contributed by atoms with Crippen LogP contribution in [0, 0.1) is 10.1 Å². The molecule has 1 N–H and O–H groups in total. The van der Waals surface area contributed by atoms with E-state index >= 15 is 0 Å². The average Bonchev–Trinajstić information content (AvgIpc) is 2.33. The standard InChI is InChI=1S/C11H20BrNO5/c1-3-5-6-8(13(16)17)7-9(12)10(14)11(15)18-4-2/h8-10,14H,3-7H2,1-2H3. The van der Waals surface area contributed by atoms with E-state index in [0.717, 1.165) is 12.8 Å². The average molecular weight is 326 g/mol.